The van der Waals surface area contributed by atoms with Crippen molar-refractivity contribution in [3.8, 4) is 0 Å². The van der Waals surface area contributed by atoms with E-state index >= 15 is 0 Å². The highest BCUT2D eigenvalue weighted by molar-refractivity contribution is 7.99. The second-order valence-electron chi connectivity index (χ2n) is 8.95. The summed E-state index contributed by atoms with van der Waals surface area (Å²) in [5.41, 5.74) is 0.339. The molecule has 176 valence electrons. The summed E-state index contributed by atoms with van der Waals surface area (Å²) in [7, 11) is 0. The average molecular weight is 464 g/mol. The molecule has 1 aromatic carbocycles. The van der Waals surface area contributed by atoms with Crippen LogP contribution < -0.4 is 10.6 Å². The molecule has 0 unspecified atom stereocenters. The van der Waals surface area contributed by atoms with Crippen LogP contribution in [0.2, 0.25) is 0 Å². The lowest BCUT2D eigenvalue weighted by atomic mass is 9.99. The standard InChI is InChI=1S/C23H33N3O5S/c1-5-9-18(27)21(30)24-16(12-15-10-7-6-8-11-15)19(28)22(31)26-14-32-13-17(26)20(29)25-23(2,3)4/h6-8,10-11,16-17,19,28H,5,9,12-14H2,1-4H3,(H,24,30)(H,25,29)/t16-,17-,19-/m0/s1. The zero-order chi connectivity index (χ0) is 23.9. The third kappa shape index (κ3) is 7.34. The number of carbonyl (C=O) groups is 4. The van der Waals surface area contributed by atoms with Crippen molar-refractivity contribution in [1.82, 2.24) is 15.5 Å². The Morgan fingerprint density at radius 1 is 1.19 bits per heavy atom. The van der Waals surface area contributed by atoms with Crippen molar-refractivity contribution in [2.45, 2.75) is 70.7 Å². The van der Waals surface area contributed by atoms with Gasteiger partial charge < -0.3 is 20.6 Å². The predicted molar refractivity (Wildman–Crippen MR) is 124 cm³/mol. The lowest BCUT2D eigenvalue weighted by molar-refractivity contribution is -0.147. The fourth-order valence-corrected chi connectivity index (χ4v) is 4.53. The first-order valence-corrected chi connectivity index (χ1v) is 11.9. The summed E-state index contributed by atoms with van der Waals surface area (Å²) in [5.74, 6) is -1.66. The van der Waals surface area contributed by atoms with Gasteiger partial charge in [0.15, 0.2) is 6.10 Å². The van der Waals surface area contributed by atoms with Gasteiger partial charge in [0.1, 0.15) is 6.04 Å². The fraction of sp³-hybridized carbons (Fsp3) is 0.565. The van der Waals surface area contributed by atoms with Gasteiger partial charge in [-0.15, -0.1) is 11.8 Å². The summed E-state index contributed by atoms with van der Waals surface area (Å²) in [6, 6.07) is 7.38. The molecule has 0 radical (unpaired) electrons. The highest BCUT2D eigenvalue weighted by Crippen LogP contribution is 2.23. The predicted octanol–water partition coefficient (Wildman–Crippen LogP) is 1.26. The fourth-order valence-electron chi connectivity index (χ4n) is 3.37. The number of hydrogen-bond donors (Lipinski definition) is 3. The Kier molecular flexibility index (Phi) is 9.27. The maximum absolute atomic E-state index is 13.2. The zero-order valence-corrected chi connectivity index (χ0v) is 19.9. The molecule has 2 rings (SSSR count). The van der Waals surface area contributed by atoms with Gasteiger partial charge >= 0.3 is 0 Å². The lowest BCUT2D eigenvalue weighted by Crippen LogP contribution is -2.58. The van der Waals surface area contributed by atoms with Crippen LogP contribution in [0.25, 0.3) is 0 Å². The maximum Gasteiger partial charge on any atom is 0.287 e. The number of rotatable bonds is 9. The molecule has 32 heavy (non-hydrogen) atoms. The molecule has 0 aromatic heterocycles. The summed E-state index contributed by atoms with van der Waals surface area (Å²) < 4.78 is 0. The molecule has 8 nitrogen and oxygen atoms in total. The zero-order valence-electron chi connectivity index (χ0n) is 19.1. The molecule has 1 heterocycles. The van der Waals surface area contributed by atoms with Crippen molar-refractivity contribution in [2.24, 2.45) is 0 Å². The van der Waals surface area contributed by atoms with Gasteiger partial charge in [0.25, 0.3) is 11.8 Å². The molecule has 9 heteroatoms. The van der Waals surface area contributed by atoms with Gasteiger partial charge in [-0.3, -0.25) is 19.2 Å². The number of benzene rings is 1. The van der Waals surface area contributed by atoms with Gasteiger partial charge in [-0.05, 0) is 39.2 Å². The van der Waals surface area contributed by atoms with Gasteiger partial charge in [0.2, 0.25) is 11.7 Å². The Hall–Kier alpha value is -2.39. The molecule has 1 aliphatic heterocycles. The van der Waals surface area contributed by atoms with Crippen molar-refractivity contribution in [1.29, 1.82) is 0 Å². The Bertz CT molecular complexity index is 825. The van der Waals surface area contributed by atoms with E-state index in [1.165, 1.54) is 16.7 Å². The summed E-state index contributed by atoms with van der Waals surface area (Å²) in [5, 5.41) is 16.3. The molecule has 1 fully saturated rings. The molecular weight excluding hydrogens is 430 g/mol. The SMILES string of the molecule is CCCC(=O)C(=O)N[C@@H](Cc1ccccc1)[C@H](O)C(=O)N1CSC[C@H]1C(=O)NC(C)(C)C. The molecule has 3 atom stereocenters. The van der Waals surface area contributed by atoms with Crippen LogP contribution in [0.5, 0.6) is 0 Å². The van der Waals surface area contributed by atoms with Crippen molar-refractivity contribution in [3.63, 3.8) is 0 Å². The number of aliphatic hydroxyl groups excluding tert-OH is 1. The van der Waals surface area contributed by atoms with E-state index in [0.717, 1.165) is 5.56 Å². The molecule has 0 aliphatic carbocycles. The Labute approximate surface area is 193 Å². The van der Waals surface area contributed by atoms with E-state index < -0.39 is 41.3 Å². The summed E-state index contributed by atoms with van der Waals surface area (Å²) >= 11 is 1.42. The smallest absolute Gasteiger partial charge is 0.287 e. The van der Waals surface area contributed by atoms with Gasteiger partial charge in [-0.25, -0.2) is 0 Å². The lowest BCUT2D eigenvalue weighted by Gasteiger charge is -2.31. The normalized spacial score (nSPS) is 18.0. The van der Waals surface area contributed by atoms with Gasteiger partial charge in [0, 0.05) is 17.7 Å². The van der Waals surface area contributed by atoms with Crippen LogP contribution in [0.1, 0.15) is 46.1 Å². The third-order valence-electron chi connectivity index (χ3n) is 4.95. The van der Waals surface area contributed by atoms with Crippen molar-refractivity contribution in [3.05, 3.63) is 35.9 Å². The second-order valence-corrected chi connectivity index (χ2v) is 9.95. The summed E-state index contributed by atoms with van der Waals surface area (Å²) in [6.45, 7) is 7.35. The number of nitrogens with zero attached hydrogens (tertiary/aromatic N) is 1. The van der Waals surface area contributed by atoms with Gasteiger partial charge in [-0.2, -0.15) is 0 Å². The van der Waals surface area contributed by atoms with E-state index in [-0.39, 0.29) is 24.6 Å². The molecule has 1 saturated heterocycles. The van der Waals surface area contributed by atoms with Crippen LogP contribution in [-0.4, -0.2) is 68.9 Å². The van der Waals surface area contributed by atoms with Crippen LogP contribution in [-0.2, 0) is 25.6 Å². The maximum atomic E-state index is 13.2. The van der Waals surface area contributed by atoms with Crippen LogP contribution in [0, 0.1) is 0 Å². The van der Waals surface area contributed by atoms with E-state index in [0.29, 0.717) is 12.2 Å². The molecule has 1 aliphatic rings. The quantitative estimate of drug-likeness (QED) is 0.475. The molecule has 1 aromatic rings. The third-order valence-corrected chi connectivity index (χ3v) is 5.96. The number of thioether (sulfide) groups is 1. The number of hydrogen-bond acceptors (Lipinski definition) is 6. The molecular formula is C23H33N3O5S. The molecule has 3 N–H and O–H groups in total. The number of nitrogens with one attached hydrogen (secondary N) is 2. The van der Waals surface area contributed by atoms with E-state index in [9.17, 15) is 24.3 Å². The van der Waals surface area contributed by atoms with Gasteiger partial charge in [-0.1, -0.05) is 37.3 Å². The Morgan fingerprint density at radius 2 is 1.84 bits per heavy atom. The number of carbonyl (C=O) groups excluding carboxylic acids is 4. The number of ketones is 1. The molecule has 3 amide bonds. The van der Waals surface area contributed by atoms with Gasteiger partial charge in [0.05, 0.1) is 11.9 Å². The van der Waals surface area contributed by atoms with E-state index in [1.807, 2.05) is 51.1 Å². The van der Waals surface area contributed by atoms with Crippen molar-refractivity contribution >= 4 is 35.3 Å². The van der Waals surface area contributed by atoms with Crippen LogP contribution >= 0.6 is 11.8 Å². The Morgan fingerprint density at radius 3 is 2.44 bits per heavy atom. The molecule has 0 spiro atoms. The largest absolute Gasteiger partial charge is 0.381 e. The highest BCUT2D eigenvalue weighted by Gasteiger charge is 2.40. The van der Waals surface area contributed by atoms with E-state index in [2.05, 4.69) is 10.6 Å². The number of Topliss-reactive ketones (excluding diaryl/α,β-unsaturated/α-hetero) is 1. The topological polar surface area (TPSA) is 116 Å². The van der Waals surface area contributed by atoms with Crippen molar-refractivity contribution in [2.75, 3.05) is 11.6 Å². The first kappa shape index (κ1) is 25.9. The number of amides is 3. The molecule has 0 bridgehead atoms. The number of aliphatic hydroxyl groups is 1. The Balaban J connectivity index is 2.19. The minimum atomic E-state index is -1.60. The van der Waals surface area contributed by atoms with Crippen LogP contribution in [0.3, 0.4) is 0 Å². The van der Waals surface area contributed by atoms with E-state index in [4.69, 9.17) is 0 Å². The van der Waals surface area contributed by atoms with Crippen molar-refractivity contribution < 1.29 is 24.3 Å². The minimum Gasteiger partial charge on any atom is -0.381 e. The monoisotopic (exact) mass is 463 g/mol. The van der Waals surface area contributed by atoms with Crippen LogP contribution in [0.4, 0.5) is 0 Å². The average Bonchev–Trinajstić information content (AvgIpc) is 3.22. The molecule has 0 saturated carbocycles. The first-order chi connectivity index (χ1) is 15.0. The second kappa shape index (κ2) is 11.5. The van der Waals surface area contributed by atoms with E-state index in [1.54, 1.807) is 6.92 Å². The first-order valence-electron chi connectivity index (χ1n) is 10.8. The summed E-state index contributed by atoms with van der Waals surface area (Å²) in [4.78, 5) is 51.6. The highest BCUT2D eigenvalue weighted by atomic mass is 32.2. The van der Waals surface area contributed by atoms with Crippen LogP contribution in [0.15, 0.2) is 30.3 Å². The summed E-state index contributed by atoms with van der Waals surface area (Å²) in [6.07, 6.45) is -0.825. The minimum absolute atomic E-state index is 0.0890.